The Bertz CT molecular complexity index is 869. The van der Waals surface area contributed by atoms with E-state index in [1.54, 1.807) is 18.2 Å². The average molecular weight is 401 g/mol. The van der Waals surface area contributed by atoms with Gasteiger partial charge in [-0.1, -0.05) is 25.1 Å². The summed E-state index contributed by atoms with van der Waals surface area (Å²) in [5.74, 6) is -0.291. The van der Waals surface area contributed by atoms with Crippen molar-refractivity contribution < 1.29 is 14.6 Å². The van der Waals surface area contributed by atoms with Crippen LogP contribution in [0.25, 0.3) is 6.08 Å². The number of benzene rings is 2. The SMILES string of the molecule is CCc1ccccc1NC(=O)/C(C#N)=C/c1cc(Br)c(O)c(OC)c1. The highest BCUT2D eigenvalue weighted by molar-refractivity contribution is 9.10. The smallest absolute Gasteiger partial charge is 0.266 e. The first-order valence-corrected chi connectivity index (χ1v) is 8.37. The molecule has 0 bridgehead atoms. The number of aromatic hydroxyl groups is 1. The lowest BCUT2D eigenvalue weighted by atomic mass is 10.1. The second-order valence-corrected chi connectivity index (χ2v) is 6.04. The van der Waals surface area contributed by atoms with Crippen LogP contribution in [-0.4, -0.2) is 18.1 Å². The third-order valence-corrected chi connectivity index (χ3v) is 4.20. The van der Waals surface area contributed by atoms with E-state index in [4.69, 9.17) is 4.74 Å². The number of phenolic OH excluding ortho intramolecular Hbond substituents is 1. The number of amides is 1. The Hall–Kier alpha value is -2.78. The van der Waals surface area contributed by atoms with E-state index in [0.717, 1.165) is 12.0 Å². The van der Waals surface area contributed by atoms with Crippen molar-refractivity contribution in [3.63, 3.8) is 0 Å². The number of para-hydroxylation sites is 1. The summed E-state index contributed by atoms with van der Waals surface area (Å²) in [7, 11) is 1.43. The van der Waals surface area contributed by atoms with Crippen LogP contribution in [0.2, 0.25) is 0 Å². The molecule has 0 saturated carbocycles. The monoisotopic (exact) mass is 400 g/mol. The summed E-state index contributed by atoms with van der Waals surface area (Å²) in [5, 5.41) is 21.9. The van der Waals surface area contributed by atoms with Crippen LogP contribution in [0.5, 0.6) is 11.5 Å². The summed E-state index contributed by atoms with van der Waals surface area (Å²) in [6, 6.07) is 12.5. The van der Waals surface area contributed by atoms with Crippen LogP contribution >= 0.6 is 15.9 Å². The second kappa shape index (κ2) is 8.36. The molecule has 2 aromatic carbocycles. The summed E-state index contributed by atoms with van der Waals surface area (Å²) < 4.78 is 5.48. The number of ether oxygens (including phenoxy) is 1. The summed E-state index contributed by atoms with van der Waals surface area (Å²) in [6.07, 6.45) is 2.21. The van der Waals surface area contributed by atoms with E-state index >= 15 is 0 Å². The zero-order chi connectivity index (χ0) is 18.4. The first kappa shape index (κ1) is 18.6. The zero-order valence-electron chi connectivity index (χ0n) is 13.8. The third kappa shape index (κ3) is 4.40. The fraction of sp³-hybridized carbons (Fsp3) is 0.158. The molecule has 0 aliphatic rings. The predicted octanol–water partition coefficient (Wildman–Crippen LogP) is 4.27. The Morgan fingerprint density at radius 1 is 1.40 bits per heavy atom. The maximum atomic E-state index is 12.4. The van der Waals surface area contributed by atoms with Gasteiger partial charge in [0, 0.05) is 5.69 Å². The number of halogens is 1. The Labute approximate surface area is 154 Å². The first-order valence-electron chi connectivity index (χ1n) is 7.57. The van der Waals surface area contributed by atoms with Gasteiger partial charge < -0.3 is 15.2 Å². The van der Waals surface area contributed by atoms with Gasteiger partial charge in [0.1, 0.15) is 11.6 Å². The molecule has 0 spiro atoms. The number of nitrogens with one attached hydrogen (secondary N) is 1. The minimum atomic E-state index is -0.494. The predicted molar refractivity (Wildman–Crippen MR) is 100 cm³/mol. The third-order valence-electron chi connectivity index (χ3n) is 3.59. The van der Waals surface area contributed by atoms with Gasteiger partial charge in [0.2, 0.25) is 0 Å². The van der Waals surface area contributed by atoms with Crippen LogP contribution in [-0.2, 0) is 11.2 Å². The number of carbonyl (C=O) groups is 1. The highest BCUT2D eigenvalue weighted by Crippen LogP contribution is 2.35. The number of nitrogens with zero attached hydrogens (tertiary/aromatic N) is 1. The molecule has 0 aliphatic heterocycles. The lowest BCUT2D eigenvalue weighted by Gasteiger charge is -2.10. The van der Waals surface area contributed by atoms with Gasteiger partial charge in [-0.15, -0.1) is 0 Å². The van der Waals surface area contributed by atoms with Crippen LogP contribution in [0.1, 0.15) is 18.1 Å². The molecule has 0 unspecified atom stereocenters. The van der Waals surface area contributed by atoms with E-state index in [-0.39, 0.29) is 17.1 Å². The molecular formula is C19H17BrN2O3. The van der Waals surface area contributed by atoms with E-state index in [2.05, 4.69) is 21.2 Å². The van der Waals surface area contributed by atoms with Crippen molar-refractivity contribution in [2.24, 2.45) is 0 Å². The maximum Gasteiger partial charge on any atom is 0.266 e. The summed E-state index contributed by atoms with van der Waals surface area (Å²) in [4.78, 5) is 12.4. The van der Waals surface area contributed by atoms with Gasteiger partial charge in [-0.2, -0.15) is 5.26 Å². The fourth-order valence-corrected chi connectivity index (χ4v) is 2.75. The van der Waals surface area contributed by atoms with Gasteiger partial charge in [0.05, 0.1) is 11.6 Å². The van der Waals surface area contributed by atoms with E-state index in [1.165, 1.54) is 13.2 Å². The molecule has 0 heterocycles. The molecular weight excluding hydrogens is 384 g/mol. The number of hydrogen-bond acceptors (Lipinski definition) is 4. The van der Waals surface area contributed by atoms with Crippen molar-refractivity contribution in [3.8, 4) is 17.6 Å². The lowest BCUT2D eigenvalue weighted by molar-refractivity contribution is -0.112. The van der Waals surface area contributed by atoms with E-state index in [1.807, 2.05) is 31.2 Å². The van der Waals surface area contributed by atoms with Crippen molar-refractivity contribution in [2.45, 2.75) is 13.3 Å². The number of carbonyl (C=O) groups excluding carboxylic acids is 1. The minimum Gasteiger partial charge on any atom is -0.503 e. The second-order valence-electron chi connectivity index (χ2n) is 5.19. The number of methoxy groups -OCH3 is 1. The number of phenols is 1. The van der Waals surface area contributed by atoms with Crippen molar-refractivity contribution in [3.05, 3.63) is 57.6 Å². The Morgan fingerprint density at radius 2 is 2.12 bits per heavy atom. The molecule has 0 aliphatic carbocycles. The summed E-state index contributed by atoms with van der Waals surface area (Å²) in [6.45, 7) is 1.99. The van der Waals surface area contributed by atoms with Crippen molar-refractivity contribution in [2.75, 3.05) is 12.4 Å². The fourth-order valence-electron chi connectivity index (χ4n) is 2.29. The number of rotatable bonds is 5. The molecule has 0 atom stereocenters. The molecule has 0 aromatic heterocycles. The zero-order valence-corrected chi connectivity index (χ0v) is 15.4. The van der Waals surface area contributed by atoms with Gasteiger partial charge in [0.25, 0.3) is 5.91 Å². The minimum absolute atomic E-state index is 0.0421. The molecule has 0 radical (unpaired) electrons. The molecule has 6 heteroatoms. The molecule has 1 amide bonds. The Balaban J connectivity index is 2.33. The van der Waals surface area contributed by atoms with Gasteiger partial charge in [0.15, 0.2) is 11.5 Å². The van der Waals surface area contributed by atoms with Crippen LogP contribution in [0.15, 0.2) is 46.4 Å². The van der Waals surface area contributed by atoms with Crippen LogP contribution in [0.4, 0.5) is 5.69 Å². The normalized spacial score (nSPS) is 10.9. The number of anilines is 1. The highest BCUT2D eigenvalue weighted by atomic mass is 79.9. The standard InChI is InChI=1S/C19H17BrN2O3/c1-3-13-6-4-5-7-16(13)22-19(24)14(11-21)8-12-9-15(20)18(23)17(10-12)25-2/h4-10,23H,3H2,1-2H3,(H,22,24)/b14-8+. The molecule has 2 N–H and O–H groups in total. The molecule has 0 fully saturated rings. The van der Waals surface area contributed by atoms with Gasteiger partial charge in [-0.3, -0.25) is 4.79 Å². The quantitative estimate of drug-likeness (QED) is 0.579. The highest BCUT2D eigenvalue weighted by Gasteiger charge is 2.13. The maximum absolute atomic E-state index is 12.4. The van der Waals surface area contributed by atoms with Crippen molar-refractivity contribution in [1.82, 2.24) is 0 Å². The molecule has 0 saturated heterocycles. The van der Waals surface area contributed by atoms with Gasteiger partial charge >= 0.3 is 0 Å². The van der Waals surface area contributed by atoms with E-state index in [0.29, 0.717) is 15.7 Å². The molecule has 128 valence electrons. The number of aryl methyl sites for hydroxylation is 1. The average Bonchev–Trinajstić information content (AvgIpc) is 2.62. The topological polar surface area (TPSA) is 82.4 Å². The summed E-state index contributed by atoms with van der Waals surface area (Å²) in [5.41, 5.74) is 2.17. The first-order chi connectivity index (χ1) is 12.0. The van der Waals surface area contributed by atoms with Crippen LogP contribution in [0, 0.1) is 11.3 Å². The van der Waals surface area contributed by atoms with Crippen LogP contribution in [0.3, 0.4) is 0 Å². The van der Waals surface area contributed by atoms with Gasteiger partial charge in [-0.25, -0.2) is 0 Å². The number of hydrogen-bond donors (Lipinski definition) is 2. The lowest BCUT2D eigenvalue weighted by Crippen LogP contribution is -2.14. The number of nitriles is 1. The van der Waals surface area contributed by atoms with Crippen LogP contribution < -0.4 is 10.1 Å². The van der Waals surface area contributed by atoms with Crippen molar-refractivity contribution in [1.29, 1.82) is 5.26 Å². The van der Waals surface area contributed by atoms with Gasteiger partial charge in [-0.05, 0) is 57.8 Å². The molecule has 25 heavy (non-hydrogen) atoms. The van der Waals surface area contributed by atoms with Crippen molar-refractivity contribution >= 4 is 33.6 Å². The molecule has 2 aromatic rings. The Kier molecular flexibility index (Phi) is 6.20. The molecule has 5 nitrogen and oxygen atoms in total. The van der Waals surface area contributed by atoms with E-state index in [9.17, 15) is 15.2 Å². The Morgan fingerprint density at radius 3 is 2.76 bits per heavy atom. The largest absolute Gasteiger partial charge is 0.503 e. The molecule has 2 rings (SSSR count). The summed E-state index contributed by atoms with van der Waals surface area (Å²) >= 11 is 3.22. The van der Waals surface area contributed by atoms with E-state index < -0.39 is 5.91 Å².